The summed E-state index contributed by atoms with van der Waals surface area (Å²) in [5.74, 6) is -2.89. The highest BCUT2D eigenvalue weighted by atomic mass is 16.6. The molecule has 6 N–H and O–H groups in total. The number of carbonyl (C=O) groups excluding carboxylic acids is 7. The minimum atomic E-state index is -1.14. The Labute approximate surface area is 296 Å². The number of nitrogens with zero attached hydrogens (tertiary/aromatic N) is 1. The van der Waals surface area contributed by atoms with Crippen LogP contribution in [0.3, 0.4) is 0 Å². The highest BCUT2D eigenvalue weighted by Crippen LogP contribution is 2.24. The van der Waals surface area contributed by atoms with E-state index in [1.54, 1.807) is 68.4 Å². The number of nitrogens with two attached hydrogens (primary N) is 1. The summed E-state index contributed by atoms with van der Waals surface area (Å²) in [6.45, 7) is 4.91. The van der Waals surface area contributed by atoms with Crippen LogP contribution in [0.2, 0.25) is 0 Å². The van der Waals surface area contributed by atoms with Crippen LogP contribution in [0, 0.1) is 11.8 Å². The van der Waals surface area contributed by atoms with Gasteiger partial charge in [-0.05, 0) is 36.1 Å². The molecule has 51 heavy (non-hydrogen) atoms. The molecule has 2 aromatic rings. The summed E-state index contributed by atoms with van der Waals surface area (Å²) in [5.41, 5.74) is 7.02. The fourth-order valence-electron chi connectivity index (χ4n) is 5.10. The van der Waals surface area contributed by atoms with Crippen LogP contribution < -0.4 is 27.0 Å². The topological polar surface area (TPSA) is 225 Å². The van der Waals surface area contributed by atoms with Gasteiger partial charge in [-0.25, -0.2) is 9.59 Å². The van der Waals surface area contributed by atoms with Gasteiger partial charge in [0.25, 0.3) is 0 Å². The van der Waals surface area contributed by atoms with Gasteiger partial charge in [0.15, 0.2) is 0 Å². The van der Waals surface area contributed by atoms with Crippen molar-refractivity contribution in [2.45, 2.75) is 58.7 Å². The number of alkyl carbamates (subject to hydrolysis) is 1. The number of benzene rings is 2. The van der Waals surface area contributed by atoms with Crippen LogP contribution in [0.1, 0.15) is 44.7 Å². The van der Waals surface area contributed by atoms with E-state index < -0.39 is 42.0 Å². The van der Waals surface area contributed by atoms with Gasteiger partial charge in [-0.1, -0.05) is 56.3 Å². The Morgan fingerprint density at radius 1 is 0.804 bits per heavy atom. The average Bonchev–Trinajstić information content (AvgIpc) is 3.28. The predicted octanol–water partition coefficient (Wildman–Crippen LogP) is 1.62. The molecular formula is C35H46N6O10. The molecule has 1 fully saturated rings. The number of nitrogens with one attached hydrogen (secondary N) is 4. The number of urea groups is 1. The molecule has 1 aliphatic heterocycles. The number of anilines is 1. The van der Waals surface area contributed by atoms with E-state index in [1.165, 1.54) is 11.8 Å². The second-order valence-electron chi connectivity index (χ2n) is 12.0. The molecule has 2 aromatic carbocycles. The Morgan fingerprint density at radius 3 is 2.10 bits per heavy atom. The Balaban J connectivity index is 1.60. The minimum absolute atomic E-state index is 0.0173. The first-order valence-electron chi connectivity index (χ1n) is 16.6. The summed E-state index contributed by atoms with van der Waals surface area (Å²) >= 11 is 0. The molecule has 16 nitrogen and oxygen atoms in total. The zero-order valence-corrected chi connectivity index (χ0v) is 29.0. The van der Waals surface area contributed by atoms with Gasteiger partial charge in [0.1, 0.15) is 25.3 Å². The quantitative estimate of drug-likeness (QED) is 0.0805. The molecule has 7 amide bonds. The third kappa shape index (κ3) is 13.4. The molecule has 0 spiro atoms. The summed E-state index contributed by atoms with van der Waals surface area (Å²) < 4.78 is 15.7. The number of amides is 7. The average molecular weight is 711 g/mol. The molecule has 1 saturated heterocycles. The fraction of sp³-hybridized carbons (Fsp3) is 0.457. The molecule has 0 aromatic heterocycles. The first kappa shape index (κ1) is 39.9. The van der Waals surface area contributed by atoms with E-state index in [9.17, 15) is 33.6 Å². The van der Waals surface area contributed by atoms with Gasteiger partial charge < -0.3 is 41.2 Å². The van der Waals surface area contributed by atoms with E-state index in [-0.39, 0.29) is 76.0 Å². The zero-order chi connectivity index (χ0) is 37.3. The number of likely N-dealkylation sites (tertiary alicyclic amines) is 1. The third-order valence-electron chi connectivity index (χ3n) is 8.14. The van der Waals surface area contributed by atoms with Crippen molar-refractivity contribution in [3.05, 3.63) is 65.7 Å². The largest absolute Gasteiger partial charge is 0.461 e. The van der Waals surface area contributed by atoms with Crippen molar-refractivity contribution in [1.82, 2.24) is 20.9 Å². The van der Waals surface area contributed by atoms with Crippen molar-refractivity contribution in [1.29, 1.82) is 0 Å². The molecule has 3 rings (SSSR count). The monoisotopic (exact) mass is 710 g/mol. The second kappa shape index (κ2) is 20.2. The van der Waals surface area contributed by atoms with Crippen molar-refractivity contribution in [2.75, 3.05) is 38.2 Å². The van der Waals surface area contributed by atoms with Gasteiger partial charge in [-0.15, -0.1) is 0 Å². The number of imide groups is 1. The summed E-state index contributed by atoms with van der Waals surface area (Å²) in [4.78, 5) is 87.7. The standard InChI is InChI=1S/C35H46N6O10/c1-22-23(2)33(46)41(32(22)45)16-17-49-18-19-50-35(48)40-29(20-25-8-5-4-6-9-25)31(44)39-28(10-7-15-37-34(36)47)30(43)38-27-13-11-26(12-14-27)21-51-24(3)42/h4-6,8-9,11-14,22-23,28-29H,7,10,15-21H2,1-3H3,(H,38,43)(H,39,44)(H,40,48)(H3,36,37,47)/t22?,23?,28-,29-/m0/s1. The van der Waals surface area contributed by atoms with E-state index in [0.717, 1.165) is 5.56 Å². The van der Waals surface area contributed by atoms with Crippen LogP contribution >= 0.6 is 0 Å². The van der Waals surface area contributed by atoms with Gasteiger partial charge in [0, 0.05) is 37.4 Å². The zero-order valence-electron chi connectivity index (χ0n) is 29.0. The van der Waals surface area contributed by atoms with E-state index in [4.69, 9.17) is 19.9 Å². The minimum Gasteiger partial charge on any atom is -0.461 e. The Morgan fingerprint density at radius 2 is 1.47 bits per heavy atom. The first-order chi connectivity index (χ1) is 24.3. The fourth-order valence-corrected chi connectivity index (χ4v) is 5.10. The molecule has 1 heterocycles. The van der Waals surface area contributed by atoms with Gasteiger partial charge in [-0.2, -0.15) is 0 Å². The number of ether oxygens (including phenoxy) is 3. The molecule has 16 heteroatoms. The highest BCUT2D eigenvalue weighted by molar-refractivity contribution is 6.04. The highest BCUT2D eigenvalue weighted by Gasteiger charge is 2.41. The number of hydrogen-bond donors (Lipinski definition) is 5. The summed E-state index contributed by atoms with van der Waals surface area (Å²) in [5, 5.41) is 10.5. The van der Waals surface area contributed by atoms with Crippen molar-refractivity contribution >= 4 is 47.4 Å². The molecule has 276 valence electrons. The summed E-state index contributed by atoms with van der Waals surface area (Å²) in [7, 11) is 0. The van der Waals surface area contributed by atoms with Gasteiger partial charge in [0.05, 0.1) is 19.8 Å². The van der Waals surface area contributed by atoms with Gasteiger partial charge in [0.2, 0.25) is 23.6 Å². The lowest BCUT2D eigenvalue weighted by atomic mass is 10.00. The molecule has 2 unspecified atom stereocenters. The van der Waals surface area contributed by atoms with E-state index in [1.807, 2.05) is 0 Å². The van der Waals surface area contributed by atoms with Crippen molar-refractivity contribution in [3.8, 4) is 0 Å². The maximum absolute atomic E-state index is 13.6. The SMILES string of the molecule is CC(=O)OCc1ccc(NC(=O)[C@H](CCCNC(N)=O)NC(=O)[C@H](Cc2ccccc2)NC(=O)OCCOCCN2C(=O)C(C)C(C)C2=O)cc1. The molecule has 0 aliphatic carbocycles. The maximum Gasteiger partial charge on any atom is 0.407 e. The lowest BCUT2D eigenvalue weighted by molar-refractivity contribution is -0.142. The molecule has 1 aliphatic rings. The molecule has 0 radical (unpaired) electrons. The summed E-state index contributed by atoms with van der Waals surface area (Å²) in [6, 6.07) is 12.6. The van der Waals surface area contributed by atoms with Crippen LogP contribution in [-0.2, 0) is 51.2 Å². The van der Waals surface area contributed by atoms with Crippen LogP contribution in [0.25, 0.3) is 0 Å². The number of primary amides is 1. The number of carbonyl (C=O) groups is 7. The number of esters is 1. The number of rotatable bonds is 19. The van der Waals surface area contributed by atoms with Crippen LogP contribution in [0.4, 0.5) is 15.3 Å². The predicted molar refractivity (Wildman–Crippen MR) is 184 cm³/mol. The van der Waals surface area contributed by atoms with Crippen LogP contribution in [-0.4, -0.2) is 91.6 Å². The lowest BCUT2D eigenvalue weighted by Gasteiger charge is -2.23. The van der Waals surface area contributed by atoms with E-state index in [0.29, 0.717) is 17.7 Å². The van der Waals surface area contributed by atoms with Crippen molar-refractivity contribution in [2.24, 2.45) is 17.6 Å². The normalized spacial score (nSPS) is 16.5. The molecular weight excluding hydrogens is 664 g/mol. The van der Waals surface area contributed by atoms with Crippen LogP contribution in [0.15, 0.2) is 54.6 Å². The van der Waals surface area contributed by atoms with Crippen LogP contribution in [0.5, 0.6) is 0 Å². The Kier molecular flexibility index (Phi) is 15.8. The Bertz CT molecular complexity index is 1500. The lowest BCUT2D eigenvalue weighted by Crippen LogP contribution is -2.53. The molecule has 4 atom stereocenters. The molecule has 0 bridgehead atoms. The van der Waals surface area contributed by atoms with Gasteiger partial charge >= 0.3 is 18.1 Å². The summed E-state index contributed by atoms with van der Waals surface area (Å²) in [6.07, 6.45) is -0.412. The maximum atomic E-state index is 13.6. The van der Waals surface area contributed by atoms with Crippen molar-refractivity contribution < 1.29 is 47.8 Å². The smallest absolute Gasteiger partial charge is 0.407 e. The Hall–Kier alpha value is -5.51. The third-order valence-corrected chi connectivity index (χ3v) is 8.14. The van der Waals surface area contributed by atoms with Gasteiger partial charge in [-0.3, -0.25) is 28.9 Å². The second-order valence-corrected chi connectivity index (χ2v) is 12.0. The van der Waals surface area contributed by atoms with E-state index >= 15 is 0 Å². The van der Waals surface area contributed by atoms with E-state index in [2.05, 4.69) is 21.3 Å². The van der Waals surface area contributed by atoms with Crippen molar-refractivity contribution in [3.63, 3.8) is 0 Å². The number of hydrogen-bond acceptors (Lipinski definition) is 10. The first-order valence-corrected chi connectivity index (χ1v) is 16.6. The molecule has 0 saturated carbocycles.